The molecular formula is C18H21ClN4O. The number of guanidine groups is 1. The van der Waals surface area contributed by atoms with Crippen LogP contribution < -0.4 is 16.4 Å². The molecule has 0 aliphatic carbocycles. The fourth-order valence-corrected chi connectivity index (χ4v) is 2.23. The number of nitrogens with two attached hydrogens (primary N) is 1. The first-order valence-corrected chi connectivity index (χ1v) is 8.02. The van der Waals surface area contributed by atoms with Crippen LogP contribution in [0.15, 0.2) is 47.5 Å². The van der Waals surface area contributed by atoms with Crippen molar-refractivity contribution in [3.63, 3.8) is 0 Å². The third kappa shape index (κ3) is 5.28. The number of rotatable bonds is 5. The molecule has 0 spiro atoms. The van der Waals surface area contributed by atoms with Crippen LogP contribution in [0.25, 0.3) is 0 Å². The molecule has 0 aromatic heterocycles. The highest BCUT2D eigenvalue weighted by Gasteiger charge is 2.06. The van der Waals surface area contributed by atoms with Crippen molar-refractivity contribution in [2.75, 3.05) is 17.2 Å². The van der Waals surface area contributed by atoms with E-state index >= 15 is 0 Å². The van der Waals surface area contributed by atoms with Crippen molar-refractivity contribution in [2.24, 2.45) is 10.7 Å². The lowest BCUT2D eigenvalue weighted by Crippen LogP contribution is -2.23. The van der Waals surface area contributed by atoms with Crippen LogP contribution in [0, 0.1) is 13.8 Å². The molecule has 0 fully saturated rings. The fourth-order valence-electron chi connectivity index (χ4n) is 2.06. The van der Waals surface area contributed by atoms with Crippen LogP contribution in [0.3, 0.4) is 0 Å². The van der Waals surface area contributed by atoms with Gasteiger partial charge in [0.1, 0.15) is 0 Å². The lowest BCUT2D eigenvalue weighted by Gasteiger charge is -2.09. The average molecular weight is 345 g/mol. The van der Waals surface area contributed by atoms with Gasteiger partial charge >= 0.3 is 0 Å². The van der Waals surface area contributed by atoms with Gasteiger partial charge in [0.25, 0.3) is 0 Å². The molecular weight excluding hydrogens is 324 g/mol. The second-order valence-corrected chi connectivity index (χ2v) is 5.88. The number of nitrogens with zero attached hydrogens (tertiary/aromatic N) is 1. The molecule has 4 N–H and O–H groups in total. The quantitative estimate of drug-likeness (QED) is 0.571. The molecule has 126 valence electrons. The molecule has 2 aromatic carbocycles. The van der Waals surface area contributed by atoms with Gasteiger partial charge < -0.3 is 16.4 Å². The van der Waals surface area contributed by atoms with Gasteiger partial charge in [0.05, 0.1) is 6.54 Å². The Hall–Kier alpha value is -2.53. The van der Waals surface area contributed by atoms with Crippen molar-refractivity contribution < 1.29 is 4.79 Å². The first-order chi connectivity index (χ1) is 11.5. The maximum absolute atomic E-state index is 12.0. The largest absolute Gasteiger partial charge is 0.370 e. The molecule has 0 saturated heterocycles. The zero-order valence-corrected chi connectivity index (χ0v) is 14.5. The molecule has 0 heterocycles. The summed E-state index contributed by atoms with van der Waals surface area (Å²) in [5.41, 5.74) is 9.40. The van der Waals surface area contributed by atoms with Gasteiger partial charge in [-0.1, -0.05) is 35.4 Å². The van der Waals surface area contributed by atoms with E-state index in [0.29, 0.717) is 17.3 Å². The number of halogens is 1. The Morgan fingerprint density at radius 1 is 1.12 bits per heavy atom. The summed E-state index contributed by atoms with van der Waals surface area (Å²) in [6.45, 7) is 4.18. The van der Waals surface area contributed by atoms with Gasteiger partial charge in [-0.05, 0) is 43.7 Å². The number of hydrogen-bond donors (Lipinski definition) is 3. The van der Waals surface area contributed by atoms with Crippen LogP contribution in [0.5, 0.6) is 0 Å². The second kappa shape index (κ2) is 8.36. The standard InChI is InChI=1S/C18H21ClN4O/c1-12-6-8-14(9-7-12)22-18(20)21-11-10-17(24)23-16-5-3-4-15(19)13(16)2/h3-9H,10-11H2,1-2H3,(H,23,24)(H3,20,21,22). The van der Waals surface area contributed by atoms with Crippen LogP contribution in [0.4, 0.5) is 11.4 Å². The third-order valence-electron chi connectivity index (χ3n) is 3.49. The summed E-state index contributed by atoms with van der Waals surface area (Å²) in [5.74, 6) is 0.151. The highest BCUT2D eigenvalue weighted by molar-refractivity contribution is 6.31. The Labute approximate surface area is 146 Å². The van der Waals surface area contributed by atoms with Crippen LogP contribution in [-0.2, 0) is 4.79 Å². The van der Waals surface area contributed by atoms with Crippen molar-refractivity contribution in [1.82, 2.24) is 0 Å². The molecule has 0 atom stereocenters. The van der Waals surface area contributed by atoms with Gasteiger partial charge in [-0.25, -0.2) is 0 Å². The normalized spacial score (nSPS) is 11.2. The van der Waals surface area contributed by atoms with E-state index in [1.54, 1.807) is 12.1 Å². The molecule has 5 nitrogen and oxygen atoms in total. The van der Waals surface area contributed by atoms with Crippen LogP contribution >= 0.6 is 11.6 Å². The van der Waals surface area contributed by atoms with Crippen molar-refractivity contribution >= 4 is 34.8 Å². The first-order valence-electron chi connectivity index (χ1n) is 7.64. The van der Waals surface area contributed by atoms with Crippen LogP contribution in [-0.4, -0.2) is 18.4 Å². The molecule has 0 saturated carbocycles. The molecule has 24 heavy (non-hydrogen) atoms. The second-order valence-electron chi connectivity index (χ2n) is 5.47. The SMILES string of the molecule is Cc1ccc(NC(N)=NCCC(=O)Nc2cccc(Cl)c2C)cc1. The van der Waals surface area contributed by atoms with Gasteiger partial charge in [-0.2, -0.15) is 0 Å². The summed E-state index contributed by atoms with van der Waals surface area (Å²) in [6, 6.07) is 13.2. The van der Waals surface area contributed by atoms with Crippen molar-refractivity contribution in [3.8, 4) is 0 Å². The fraction of sp³-hybridized carbons (Fsp3) is 0.222. The van der Waals surface area contributed by atoms with Gasteiger partial charge in [0.2, 0.25) is 5.91 Å². The van der Waals surface area contributed by atoms with Gasteiger partial charge in [-0.15, -0.1) is 0 Å². The number of aryl methyl sites for hydroxylation is 1. The van der Waals surface area contributed by atoms with Crippen LogP contribution in [0.2, 0.25) is 5.02 Å². The predicted octanol–water partition coefficient (Wildman–Crippen LogP) is 3.71. The number of carbonyl (C=O) groups excluding carboxylic acids is 1. The maximum Gasteiger partial charge on any atom is 0.226 e. The van der Waals surface area contributed by atoms with Gasteiger partial charge in [0, 0.05) is 22.8 Å². The Bertz CT molecular complexity index is 741. The minimum Gasteiger partial charge on any atom is -0.370 e. The number of anilines is 2. The molecule has 0 unspecified atom stereocenters. The average Bonchev–Trinajstić information content (AvgIpc) is 2.54. The zero-order chi connectivity index (χ0) is 17.5. The van der Waals surface area contributed by atoms with Crippen molar-refractivity contribution in [2.45, 2.75) is 20.3 Å². The van der Waals surface area contributed by atoms with E-state index in [2.05, 4.69) is 15.6 Å². The summed E-state index contributed by atoms with van der Waals surface area (Å²) in [6.07, 6.45) is 0.238. The van der Waals surface area contributed by atoms with Gasteiger partial charge in [0.15, 0.2) is 5.96 Å². The topological polar surface area (TPSA) is 79.5 Å². The van der Waals surface area contributed by atoms with E-state index < -0.39 is 0 Å². The number of amides is 1. The van der Waals surface area contributed by atoms with Crippen molar-refractivity contribution in [3.05, 3.63) is 58.6 Å². The number of hydrogen-bond acceptors (Lipinski definition) is 2. The molecule has 0 bridgehead atoms. The Kier molecular flexibility index (Phi) is 6.21. The Balaban J connectivity index is 1.82. The first kappa shape index (κ1) is 17.8. The molecule has 0 aliphatic rings. The smallest absolute Gasteiger partial charge is 0.226 e. The van der Waals surface area contributed by atoms with E-state index in [-0.39, 0.29) is 18.3 Å². The van der Waals surface area contributed by atoms with E-state index in [1.807, 2.05) is 44.2 Å². The summed E-state index contributed by atoms with van der Waals surface area (Å²) in [7, 11) is 0. The molecule has 2 rings (SSSR count). The summed E-state index contributed by atoms with van der Waals surface area (Å²) >= 11 is 6.03. The van der Waals surface area contributed by atoms with E-state index in [4.69, 9.17) is 17.3 Å². The van der Waals surface area contributed by atoms with Crippen molar-refractivity contribution in [1.29, 1.82) is 0 Å². The van der Waals surface area contributed by atoms with E-state index in [0.717, 1.165) is 11.3 Å². The monoisotopic (exact) mass is 344 g/mol. The molecule has 2 aromatic rings. The maximum atomic E-state index is 12.0. The molecule has 6 heteroatoms. The van der Waals surface area contributed by atoms with E-state index in [1.165, 1.54) is 5.56 Å². The molecule has 0 aliphatic heterocycles. The Morgan fingerprint density at radius 2 is 1.83 bits per heavy atom. The van der Waals surface area contributed by atoms with Gasteiger partial charge in [-0.3, -0.25) is 9.79 Å². The lowest BCUT2D eigenvalue weighted by molar-refractivity contribution is -0.116. The summed E-state index contributed by atoms with van der Waals surface area (Å²) in [5, 5.41) is 6.44. The predicted molar refractivity (Wildman–Crippen MR) is 101 cm³/mol. The highest BCUT2D eigenvalue weighted by atomic mass is 35.5. The number of carbonyl (C=O) groups is 1. The minimum absolute atomic E-state index is 0.132. The number of aliphatic imine (C=N–C) groups is 1. The number of benzene rings is 2. The lowest BCUT2D eigenvalue weighted by atomic mass is 10.2. The number of nitrogens with one attached hydrogen (secondary N) is 2. The Morgan fingerprint density at radius 3 is 2.54 bits per heavy atom. The third-order valence-corrected chi connectivity index (χ3v) is 3.90. The minimum atomic E-state index is -0.132. The molecule has 0 radical (unpaired) electrons. The zero-order valence-electron chi connectivity index (χ0n) is 13.8. The van der Waals surface area contributed by atoms with Crippen LogP contribution in [0.1, 0.15) is 17.5 Å². The van der Waals surface area contributed by atoms with E-state index in [9.17, 15) is 4.79 Å². The summed E-state index contributed by atoms with van der Waals surface area (Å²) < 4.78 is 0. The highest BCUT2D eigenvalue weighted by Crippen LogP contribution is 2.22. The molecule has 1 amide bonds. The summed E-state index contributed by atoms with van der Waals surface area (Å²) in [4.78, 5) is 16.1.